The number of hydrogen-bond donors (Lipinski definition) is 0. The van der Waals surface area contributed by atoms with E-state index in [9.17, 15) is 18.0 Å². The van der Waals surface area contributed by atoms with Crippen molar-refractivity contribution in [1.29, 1.82) is 0 Å². The molecule has 1 aromatic heterocycles. The third-order valence-corrected chi connectivity index (χ3v) is 6.72. The smallest absolute Gasteiger partial charge is 0.416 e. The molecule has 1 amide bonds. The number of alkyl halides is 3. The topological polar surface area (TPSA) is 52.8 Å². The maximum absolute atomic E-state index is 12.8. The maximum atomic E-state index is 12.8. The summed E-state index contributed by atoms with van der Waals surface area (Å²) in [6.07, 6.45) is 2.81. The van der Waals surface area contributed by atoms with Crippen LogP contribution in [0.3, 0.4) is 0 Å². The number of oxazole rings is 1. The number of benzene rings is 1. The van der Waals surface area contributed by atoms with Gasteiger partial charge in [-0.1, -0.05) is 31.4 Å². The molecular weight excluding hydrogens is 433 g/mol. The summed E-state index contributed by atoms with van der Waals surface area (Å²) in [5.74, 6) is 0.449. The molecule has 1 saturated carbocycles. The maximum Gasteiger partial charge on any atom is 0.416 e. The van der Waals surface area contributed by atoms with Gasteiger partial charge in [0.1, 0.15) is 6.26 Å². The number of aromatic nitrogens is 1. The van der Waals surface area contributed by atoms with Crippen LogP contribution in [0.25, 0.3) is 0 Å². The average molecular weight is 465 g/mol. The van der Waals surface area contributed by atoms with Gasteiger partial charge in [-0.3, -0.25) is 14.6 Å². The highest BCUT2D eigenvalue weighted by atomic mass is 19.4. The molecule has 0 unspecified atom stereocenters. The zero-order valence-corrected chi connectivity index (χ0v) is 19.0. The monoisotopic (exact) mass is 464 g/mol. The lowest BCUT2D eigenvalue weighted by atomic mass is 9.94. The van der Waals surface area contributed by atoms with E-state index in [1.165, 1.54) is 12.7 Å². The Hall–Kier alpha value is -2.39. The summed E-state index contributed by atoms with van der Waals surface area (Å²) in [6, 6.07) is 5.65. The molecule has 9 heteroatoms. The van der Waals surface area contributed by atoms with Crippen molar-refractivity contribution in [2.45, 2.75) is 57.4 Å². The predicted molar refractivity (Wildman–Crippen MR) is 117 cm³/mol. The van der Waals surface area contributed by atoms with Crippen molar-refractivity contribution in [3.63, 3.8) is 0 Å². The largest absolute Gasteiger partial charge is 0.447 e. The Morgan fingerprint density at radius 1 is 1.03 bits per heavy atom. The summed E-state index contributed by atoms with van der Waals surface area (Å²) >= 11 is 0. The van der Waals surface area contributed by atoms with Crippen molar-refractivity contribution in [2.24, 2.45) is 0 Å². The second-order valence-electron chi connectivity index (χ2n) is 9.08. The number of amides is 1. The van der Waals surface area contributed by atoms with E-state index in [-0.39, 0.29) is 11.9 Å². The van der Waals surface area contributed by atoms with Gasteiger partial charge in [-0.25, -0.2) is 4.98 Å². The van der Waals surface area contributed by atoms with Crippen LogP contribution in [-0.4, -0.2) is 64.9 Å². The average Bonchev–Trinajstić information content (AvgIpc) is 3.28. The number of hydrogen-bond acceptors (Lipinski definition) is 5. The highest BCUT2D eigenvalue weighted by Crippen LogP contribution is 2.29. The van der Waals surface area contributed by atoms with Crippen LogP contribution in [-0.2, 0) is 19.3 Å². The standard InChI is InChI=1S/C24H31F3N4O2/c1-29(20-5-3-2-4-6-20)23(32)21-17-33-22(28-21)16-31-13-11-30(12-14-31)15-18-7-9-19(10-8-18)24(25,26)27/h7-10,17,20H,2-6,11-16H2,1H3. The quantitative estimate of drug-likeness (QED) is 0.634. The first-order valence-electron chi connectivity index (χ1n) is 11.6. The minimum absolute atomic E-state index is 0.0849. The van der Waals surface area contributed by atoms with Gasteiger partial charge < -0.3 is 9.32 Å². The van der Waals surface area contributed by atoms with Crippen LogP contribution in [0.1, 0.15) is 59.6 Å². The zero-order chi connectivity index (χ0) is 23.4. The van der Waals surface area contributed by atoms with E-state index in [0.717, 1.165) is 69.6 Å². The molecule has 0 radical (unpaired) electrons. The fourth-order valence-electron chi connectivity index (χ4n) is 4.65. The Labute approximate surface area is 192 Å². The number of nitrogens with zero attached hydrogens (tertiary/aromatic N) is 4. The van der Waals surface area contributed by atoms with Crippen molar-refractivity contribution in [1.82, 2.24) is 19.7 Å². The Kier molecular flexibility index (Phi) is 7.38. The summed E-state index contributed by atoms with van der Waals surface area (Å²) in [5, 5.41) is 0. The van der Waals surface area contributed by atoms with Crippen LogP contribution in [0.2, 0.25) is 0 Å². The lowest BCUT2D eigenvalue weighted by molar-refractivity contribution is -0.137. The molecule has 180 valence electrons. The Bertz CT molecular complexity index is 915. The molecule has 1 saturated heterocycles. The molecule has 0 spiro atoms. The van der Waals surface area contributed by atoms with E-state index in [1.807, 2.05) is 7.05 Å². The first-order chi connectivity index (χ1) is 15.8. The highest BCUT2D eigenvalue weighted by molar-refractivity contribution is 5.92. The van der Waals surface area contributed by atoms with Crippen LogP contribution < -0.4 is 0 Å². The van der Waals surface area contributed by atoms with Gasteiger partial charge in [-0.2, -0.15) is 13.2 Å². The normalized spacial score (nSPS) is 19.0. The van der Waals surface area contributed by atoms with Gasteiger partial charge >= 0.3 is 6.18 Å². The fraction of sp³-hybridized carbons (Fsp3) is 0.583. The van der Waals surface area contributed by atoms with Crippen LogP contribution in [0, 0.1) is 0 Å². The molecule has 6 nitrogen and oxygen atoms in total. The zero-order valence-electron chi connectivity index (χ0n) is 19.0. The minimum Gasteiger partial charge on any atom is -0.447 e. The van der Waals surface area contributed by atoms with E-state index >= 15 is 0 Å². The molecule has 0 atom stereocenters. The summed E-state index contributed by atoms with van der Waals surface area (Å²) in [5.41, 5.74) is 0.609. The number of halogens is 3. The minimum atomic E-state index is -4.31. The molecule has 2 aromatic rings. The van der Waals surface area contributed by atoms with Gasteiger partial charge in [0.05, 0.1) is 12.1 Å². The predicted octanol–water partition coefficient (Wildman–Crippen LogP) is 4.42. The van der Waals surface area contributed by atoms with Gasteiger partial charge in [0.2, 0.25) is 5.89 Å². The SMILES string of the molecule is CN(C(=O)c1coc(CN2CCN(Cc3ccc(C(F)(F)F)cc3)CC2)n1)C1CCCCC1. The number of piperazine rings is 1. The fourth-order valence-corrected chi connectivity index (χ4v) is 4.65. The summed E-state index contributed by atoms with van der Waals surface area (Å²) in [4.78, 5) is 23.4. The number of carbonyl (C=O) groups excluding carboxylic acids is 1. The van der Waals surface area contributed by atoms with E-state index in [2.05, 4.69) is 14.8 Å². The van der Waals surface area contributed by atoms with Gasteiger partial charge in [0.15, 0.2) is 5.69 Å². The Morgan fingerprint density at radius 3 is 2.24 bits per heavy atom. The first-order valence-corrected chi connectivity index (χ1v) is 11.6. The molecule has 1 aliphatic carbocycles. The van der Waals surface area contributed by atoms with Gasteiger partial charge in [-0.05, 0) is 30.5 Å². The molecule has 2 fully saturated rings. The van der Waals surface area contributed by atoms with Crippen LogP contribution in [0.4, 0.5) is 13.2 Å². The van der Waals surface area contributed by atoms with Crippen molar-refractivity contribution < 1.29 is 22.4 Å². The molecule has 2 aliphatic rings. The third kappa shape index (κ3) is 6.14. The molecule has 1 aromatic carbocycles. The molecule has 4 rings (SSSR count). The highest BCUT2D eigenvalue weighted by Gasteiger charge is 2.30. The molecule has 0 bridgehead atoms. The van der Waals surface area contributed by atoms with Crippen LogP contribution >= 0.6 is 0 Å². The molecule has 0 N–H and O–H groups in total. The van der Waals surface area contributed by atoms with Gasteiger partial charge in [-0.15, -0.1) is 0 Å². The molecular formula is C24H31F3N4O2. The molecule has 1 aliphatic heterocycles. The Balaban J connectivity index is 1.24. The van der Waals surface area contributed by atoms with E-state index in [0.29, 0.717) is 24.7 Å². The summed E-state index contributed by atoms with van der Waals surface area (Å²) in [7, 11) is 1.85. The van der Waals surface area contributed by atoms with E-state index in [1.54, 1.807) is 17.0 Å². The van der Waals surface area contributed by atoms with Crippen molar-refractivity contribution >= 4 is 5.91 Å². The van der Waals surface area contributed by atoms with Crippen LogP contribution in [0.5, 0.6) is 0 Å². The van der Waals surface area contributed by atoms with Gasteiger partial charge in [0.25, 0.3) is 5.91 Å². The number of rotatable bonds is 6. The Morgan fingerprint density at radius 2 is 1.64 bits per heavy atom. The first kappa shape index (κ1) is 23.8. The molecule has 33 heavy (non-hydrogen) atoms. The lowest BCUT2D eigenvalue weighted by Crippen LogP contribution is -2.45. The lowest BCUT2D eigenvalue weighted by Gasteiger charge is -2.34. The third-order valence-electron chi connectivity index (χ3n) is 6.72. The van der Waals surface area contributed by atoms with Crippen LogP contribution in [0.15, 0.2) is 34.9 Å². The van der Waals surface area contributed by atoms with Crippen molar-refractivity contribution in [2.75, 3.05) is 33.2 Å². The van der Waals surface area contributed by atoms with Gasteiger partial charge in [0, 0.05) is 45.8 Å². The number of carbonyl (C=O) groups is 1. The second kappa shape index (κ2) is 10.3. The second-order valence-corrected chi connectivity index (χ2v) is 9.08. The van der Waals surface area contributed by atoms with Crippen molar-refractivity contribution in [3.8, 4) is 0 Å². The van der Waals surface area contributed by atoms with Crippen molar-refractivity contribution in [3.05, 3.63) is 53.2 Å². The van der Waals surface area contributed by atoms with E-state index < -0.39 is 11.7 Å². The summed E-state index contributed by atoms with van der Waals surface area (Å²) < 4.78 is 43.7. The van der Waals surface area contributed by atoms with E-state index in [4.69, 9.17) is 4.42 Å². The summed E-state index contributed by atoms with van der Waals surface area (Å²) in [6.45, 7) is 4.37. The molecule has 2 heterocycles.